The lowest BCUT2D eigenvalue weighted by Gasteiger charge is -2.48. The van der Waals surface area contributed by atoms with E-state index in [9.17, 15) is 4.79 Å². The maximum Gasteiger partial charge on any atom is 0.251 e. The summed E-state index contributed by atoms with van der Waals surface area (Å²) in [7, 11) is 1.87. The Kier molecular flexibility index (Phi) is 7.49. The number of guanidine groups is 1. The summed E-state index contributed by atoms with van der Waals surface area (Å²) in [5.41, 5.74) is 0.218. The Hall–Kier alpha value is -1.38. The van der Waals surface area contributed by atoms with Crippen LogP contribution < -0.4 is 5.32 Å². The van der Waals surface area contributed by atoms with Crippen molar-refractivity contribution in [3.05, 3.63) is 0 Å². The monoisotopic (exact) mass is 421 g/mol. The number of hydrogen-bond donors (Lipinski definition) is 1. The molecule has 1 aliphatic carbocycles. The van der Waals surface area contributed by atoms with Gasteiger partial charge in [0.2, 0.25) is 0 Å². The van der Waals surface area contributed by atoms with Gasteiger partial charge >= 0.3 is 0 Å². The number of rotatable bonds is 4. The van der Waals surface area contributed by atoms with E-state index in [0.717, 1.165) is 84.4 Å². The Bertz CT molecular complexity index is 588. The van der Waals surface area contributed by atoms with Gasteiger partial charge in [0.1, 0.15) is 6.10 Å². The summed E-state index contributed by atoms with van der Waals surface area (Å²) in [6.45, 7) is 8.54. The zero-order valence-corrected chi connectivity index (χ0v) is 18.6. The third-order valence-electron chi connectivity index (χ3n) is 7.35. The zero-order valence-electron chi connectivity index (χ0n) is 18.6. The summed E-state index contributed by atoms with van der Waals surface area (Å²) < 4.78 is 11.2. The molecule has 3 saturated heterocycles. The third kappa shape index (κ3) is 4.92. The average molecular weight is 422 g/mol. The Labute approximate surface area is 180 Å². The first kappa shape index (κ1) is 21.8. The van der Waals surface area contributed by atoms with E-state index in [-0.39, 0.29) is 17.6 Å². The molecular formula is C22H39N5O3. The Balaban J connectivity index is 1.31. The van der Waals surface area contributed by atoms with Crippen LogP contribution >= 0.6 is 0 Å². The molecule has 4 rings (SSSR count). The zero-order chi connectivity index (χ0) is 20.8. The number of hydrogen-bond acceptors (Lipinski definition) is 5. The number of aliphatic imine (C=N–C) groups is 1. The fraction of sp³-hybridized carbons (Fsp3) is 0.909. The van der Waals surface area contributed by atoms with Gasteiger partial charge in [0.05, 0.1) is 13.2 Å². The fourth-order valence-corrected chi connectivity index (χ4v) is 5.54. The summed E-state index contributed by atoms with van der Waals surface area (Å²) in [5, 5.41) is 3.71. The van der Waals surface area contributed by atoms with Crippen LogP contribution in [0.1, 0.15) is 44.9 Å². The van der Waals surface area contributed by atoms with Crippen molar-refractivity contribution in [2.45, 2.75) is 56.6 Å². The molecule has 8 heteroatoms. The van der Waals surface area contributed by atoms with Crippen LogP contribution in [0.15, 0.2) is 4.99 Å². The van der Waals surface area contributed by atoms with E-state index in [2.05, 4.69) is 20.1 Å². The van der Waals surface area contributed by atoms with Gasteiger partial charge in [0.25, 0.3) is 5.91 Å². The van der Waals surface area contributed by atoms with Crippen LogP contribution in [-0.2, 0) is 14.3 Å². The van der Waals surface area contributed by atoms with Gasteiger partial charge in [-0.15, -0.1) is 0 Å². The Morgan fingerprint density at radius 1 is 0.967 bits per heavy atom. The van der Waals surface area contributed by atoms with E-state index in [4.69, 9.17) is 9.47 Å². The molecule has 1 unspecified atom stereocenters. The number of morpholine rings is 1. The lowest BCUT2D eigenvalue weighted by molar-refractivity contribution is -0.142. The Morgan fingerprint density at radius 3 is 2.30 bits per heavy atom. The summed E-state index contributed by atoms with van der Waals surface area (Å²) in [4.78, 5) is 24.1. The topological polar surface area (TPSA) is 69.6 Å². The molecule has 4 fully saturated rings. The van der Waals surface area contributed by atoms with Gasteiger partial charge in [-0.1, -0.05) is 19.3 Å². The number of carbonyl (C=O) groups is 1. The number of nitrogens with zero attached hydrogens (tertiary/aromatic N) is 4. The van der Waals surface area contributed by atoms with E-state index in [1.165, 1.54) is 32.1 Å². The van der Waals surface area contributed by atoms with E-state index in [0.29, 0.717) is 0 Å². The predicted octanol–water partition coefficient (Wildman–Crippen LogP) is 0.920. The van der Waals surface area contributed by atoms with Crippen molar-refractivity contribution < 1.29 is 14.3 Å². The van der Waals surface area contributed by atoms with Gasteiger partial charge in [-0.25, -0.2) is 0 Å². The van der Waals surface area contributed by atoms with Gasteiger partial charge in [-0.05, 0) is 25.7 Å². The number of nitrogens with one attached hydrogen (secondary N) is 1. The van der Waals surface area contributed by atoms with Crippen LogP contribution in [0.2, 0.25) is 0 Å². The average Bonchev–Trinajstić information content (AvgIpc) is 3.36. The standard InChI is InChI=1S/C22H39N5O3/c1-23-21(26-11-9-25(10-12-26)20(28)19-6-5-15-30-19)24-18-22(7-3-2-4-8-22)27-13-16-29-17-14-27/h19H,2-18H2,1H3,(H,23,24). The first-order valence-electron chi connectivity index (χ1n) is 11.9. The van der Waals surface area contributed by atoms with E-state index >= 15 is 0 Å². The number of piperazine rings is 1. The summed E-state index contributed by atoms with van der Waals surface area (Å²) in [5.74, 6) is 1.14. The van der Waals surface area contributed by atoms with Crippen molar-refractivity contribution in [3.63, 3.8) is 0 Å². The lowest BCUT2D eigenvalue weighted by atomic mass is 9.79. The molecule has 1 N–H and O–H groups in total. The van der Waals surface area contributed by atoms with Crippen LogP contribution in [0.25, 0.3) is 0 Å². The minimum atomic E-state index is -0.214. The van der Waals surface area contributed by atoms with Gasteiger partial charge in [-0.3, -0.25) is 14.7 Å². The highest BCUT2D eigenvalue weighted by atomic mass is 16.5. The third-order valence-corrected chi connectivity index (χ3v) is 7.35. The second kappa shape index (κ2) is 10.3. The lowest BCUT2D eigenvalue weighted by Crippen LogP contribution is -2.62. The number of amides is 1. The van der Waals surface area contributed by atoms with Crippen LogP contribution in [0.4, 0.5) is 0 Å². The fourth-order valence-electron chi connectivity index (χ4n) is 5.54. The first-order valence-corrected chi connectivity index (χ1v) is 11.9. The highest BCUT2D eigenvalue weighted by molar-refractivity contribution is 5.82. The second-order valence-electron chi connectivity index (χ2n) is 9.10. The molecule has 0 bridgehead atoms. The molecule has 0 radical (unpaired) electrons. The highest BCUT2D eigenvalue weighted by Gasteiger charge is 2.39. The molecule has 8 nitrogen and oxygen atoms in total. The molecular weight excluding hydrogens is 382 g/mol. The van der Waals surface area contributed by atoms with Gasteiger partial charge in [0, 0.05) is 65.0 Å². The van der Waals surface area contributed by atoms with E-state index < -0.39 is 0 Å². The Morgan fingerprint density at radius 2 is 1.67 bits per heavy atom. The molecule has 0 aromatic rings. The maximum atomic E-state index is 12.6. The highest BCUT2D eigenvalue weighted by Crippen LogP contribution is 2.34. The minimum Gasteiger partial charge on any atom is -0.379 e. The summed E-state index contributed by atoms with van der Waals surface area (Å²) >= 11 is 0. The molecule has 30 heavy (non-hydrogen) atoms. The van der Waals surface area contributed by atoms with Gasteiger partial charge < -0.3 is 24.6 Å². The molecule has 1 saturated carbocycles. The van der Waals surface area contributed by atoms with Gasteiger partial charge in [0.15, 0.2) is 5.96 Å². The van der Waals surface area contributed by atoms with Crippen LogP contribution in [-0.4, -0.2) is 111 Å². The van der Waals surface area contributed by atoms with Crippen LogP contribution in [0, 0.1) is 0 Å². The summed E-state index contributed by atoms with van der Waals surface area (Å²) in [6.07, 6.45) is 8.12. The molecule has 0 aromatic carbocycles. The van der Waals surface area contributed by atoms with Crippen molar-refractivity contribution in [2.75, 3.05) is 72.7 Å². The summed E-state index contributed by atoms with van der Waals surface area (Å²) in [6, 6.07) is 0. The van der Waals surface area contributed by atoms with Crippen molar-refractivity contribution >= 4 is 11.9 Å². The number of carbonyl (C=O) groups excluding carboxylic acids is 1. The molecule has 4 aliphatic rings. The molecule has 3 aliphatic heterocycles. The second-order valence-corrected chi connectivity index (χ2v) is 9.10. The predicted molar refractivity (Wildman–Crippen MR) is 117 cm³/mol. The first-order chi connectivity index (χ1) is 14.7. The molecule has 0 spiro atoms. The maximum absolute atomic E-state index is 12.6. The normalized spacial score (nSPS) is 28.6. The molecule has 170 valence electrons. The van der Waals surface area contributed by atoms with Crippen LogP contribution in [0.3, 0.4) is 0 Å². The SMILES string of the molecule is CN=C(NCC1(N2CCOCC2)CCCCC1)N1CCN(C(=O)C2CCCO2)CC1. The number of ether oxygens (including phenoxy) is 2. The molecule has 1 atom stereocenters. The van der Waals surface area contributed by atoms with E-state index in [1.807, 2.05) is 11.9 Å². The minimum absolute atomic E-state index is 0.170. The quantitative estimate of drug-likeness (QED) is 0.538. The van der Waals surface area contributed by atoms with Crippen molar-refractivity contribution in [1.29, 1.82) is 0 Å². The largest absolute Gasteiger partial charge is 0.379 e. The molecule has 0 aromatic heterocycles. The van der Waals surface area contributed by atoms with Gasteiger partial charge in [-0.2, -0.15) is 0 Å². The smallest absolute Gasteiger partial charge is 0.251 e. The van der Waals surface area contributed by atoms with Crippen molar-refractivity contribution in [1.82, 2.24) is 20.0 Å². The molecule has 1 amide bonds. The molecule has 3 heterocycles. The van der Waals surface area contributed by atoms with Crippen molar-refractivity contribution in [2.24, 2.45) is 4.99 Å². The van der Waals surface area contributed by atoms with Crippen LogP contribution in [0.5, 0.6) is 0 Å². The van der Waals surface area contributed by atoms with E-state index in [1.54, 1.807) is 0 Å². The van der Waals surface area contributed by atoms with Crippen molar-refractivity contribution in [3.8, 4) is 0 Å².